The van der Waals surface area contributed by atoms with E-state index in [1.165, 1.54) is 29.8 Å². The minimum Gasteiger partial charge on any atom is -0.480 e. The zero-order valence-corrected chi connectivity index (χ0v) is 29.3. The van der Waals surface area contributed by atoms with E-state index < -0.39 is 21.8 Å². The van der Waals surface area contributed by atoms with E-state index in [0.717, 1.165) is 28.3 Å². The molecule has 0 radical (unpaired) electrons. The number of hydrogen-bond donors (Lipinski definition) is 3. The monoisotopic (exact) mass is 687 g/mol. The zero-order valence-electron chi connectivity index (χ0n) is 26.9. The van der Waals surface area contributed by atoms with E-state index in [1.807, 2.05) is 53.6 Å². The van der Waals surface area contributed by atoms with E-state index in [9.17, 15) is 27.9 Å². The lowest BCUT2D eigenvalue weighted by Crippen LogP contribution is -2.51. The van der Waals surface area contributed by atoms with Crippen molar-refractivity contribution in [1.29, 1.82) is 0 Å². The van der Waals surface area contributed by atoms with Crippen LogP contribution >= 0.6 is 23.5 Å². The number of carboxylic acid groups (broad SMARTS) is 1. The molecule has 3 aromatic rings. The Morgan fingerprint density at radius 2 is 1.65 bits per heavy atom. The molecule has 0 aliphatic carbocycles. The Labute approximate surface area is 281 Å². The Balaban J connectivity index is 1.73. The van der Waals surface area contributed by atoms with Crippen molar-refractivity contribution < 1.29 is 27.9 Å². The second-order valence-corrected chi connectivity index (χ2v) is 15.5. The van der Waals surface area contributed by atoms with Gasteiger partial charge in [-0.05, 0) is 58.4 Å². The van der Waals surface area contributed by atoms with Crippen molar-refractivity contribution in [2.45, 2.75) is 56.0 Å². The van der Waals surface area contributed by atoms with Gasteiger partial charge in [-0.2, -0.15) is 11.8 Å². The van der Waals surface area contributed by atoms with Crippen molar-refractivity contribution >= 4 is 61.9 Å². The molecule has 3 aromatic carbocycles. The van der Waals surface area contributed by atoms with Crippen LogP contribution in [0.5, 0.6) is 0 Å². The Bertz CT molecular complexity index is 1560. The van der Waals surface area contributed by atoms with Crippen LogP contribution in [0.3, 0.4) is 0 Å². The first-order chi connectivity index (χ1) is 21.9. The molecule has 0 heterocycles. The first-order valence-corrected chi connectivity index (χ1v) is 19.7. The molecule has 0 bridgehead atoms. The number of rotatable bonds is 19. The van der Waals surface area contributed by atoms with E-state index in [4.69, 9.17) is 0 Å². The van der Waals surface area contributed by atoms with Gasteiger partial charge in [0.25, 0.3) is 0 Å². The molecule has 250 valence electrons. The Hall–Kier alpha value is -3.06. The fourth-order valence-corrected chi connectivity index (χ4v) is 6.97. The second kappa shape index (κ2) is 18.3. The molecule has 0 aromatic heterocycles. The summed E-state index contributed by atoms with van der Waals surface area (Å²) in [7, 11) is -3.27. The summed E-state index contributed by atoms with van der Waals surface area (Å²) in [5, 5.41) is 17.7. The summed E-state index contributed by atoms with van der Waals surface area (Å²) in [5.74, 6) is -0.0507. The quantitative estimate of drug-likeness (QED) is 0.162. The average Bonchev–Trinajstić information content (AvgIpc) is 3.02. The van der Waals surface area contributed by atoms with E-state index in [2.05, 4.69) is 24.5 Å². The lowest BCUT2D eigenvalue weighted by atomic mass is 9.97. The third-order valence-electron chi connectivity index (χ3n) is 7.87. The first kappa shape index (κ1) is 37.4. The molecule has 12 heteroatoms. The summed E-state index contributed by atoms with van der Waals surface area (Å²) in [6.45, 7) is 4.95. The number of amides is 2. The van der Waals surface area contributed by atoms with Gasteiger partial charge in [0.15, 0.2) is 9.84 Å². The number of benzene rings is 3. The highest BCUT2D eigenvalue weighted by atomic mass is 32.2. The molecule has 0 spiro atoms. The Kier molecular flexibility index (Phi) is 14.9. The lowest BCUT2D eigenvalue weighted by Gasteiger charge is -2.31. The number of nitrogens with one attached hydrogen (secondary N) is 2. The fraction of sp³-hybridized carbons (Fsp3) is 0.441. The van der Waals surface area contributed by atoms with E-state index >= 15 is 0 Å². The van der Waals surface area contributed by atoms with Gasteiger partial charge in [-0.3, -0.25) is 14.5 Å². The molecule has 3 N–H and O–H groups in total. The molecule has 9 nitrogen and oxygen atoms in total. The summed E-state index contributed by atoms with van der Waals surface area (Å²) in [6, 6.07) is 19.6. The topological polar surface area (TPSA) is 133 Å². The van der Waals surface area contributed by atoms with E-state index in [-0.39, 0.29) is 41.0 Å². The number of fused-ring (bicyclic) bond motifs is 1. The number of sulfone groups is 1. The van der Waals surface area contributed by atoms with Gasteiger partial charge in [-0.15, -0.1) is 11.8 Å². The predicted octanol–water partition coefficient (Wildman–Crippen LogP) is 4.83. The van der Waals surface area contributed by atoms with Crippen LogP contribution in [0.25, 0.3) is 10.8 Å². The van der Waals surface area contributed by atoms with Crippen molar-refractivity contribution in [2.24, 2.45) is 5.92 Å². The minimum absolute atomic E-state index is 0.0205. The van der Waals surface area contributed by atoms with Gasteiger partial charge in [-0.1, -0.05) is 74.9 Å². The molecule has 0 fully saturated rings. The van der Waals surface area contributed by atoms with Crippen molar-refractivity contribution in [1.82, 2.24) is 15.5 Å². The number of carboxylic acids is 1. The molecule has 0 aliphatic heterocycles. The minimum atomic E-state index is -3.27. The molecule has 2 amide bonds. The van der Waals surface area contributed by atoms with Crippen LogP contribution in [0.15, 0.2) is 71.6 Å². The molecule has 0 saturated heterocycles. The van der Waals surface area contributed by atoms with Gasteiger partial charge in [-0.25, -0.2) is 13.2 Å². The highest BCUT2D eigenvalue weighted by Crippen LogP contribution is 2.21. The van der Waals surface area contributed by atoms with Gasteiger partial charge in [0.2, 0.25) is 11.8 Å². The smallest absolute Gasteiger partial charge is 0.326 e. The molecular weight excluding hydrogens is 643 g/mol. The van der Waals surface area contributed by atoms with Crippen LogP contribution in [0, 0.1) is 5.92 Å². The average molecular weight is 688 g/mol. The van der Waals surface area contributed by atoms with Crippen LogP contribution in [0.1, 0.15) is 37.8 Å². The molecule has 0 aliphatic rings. The van der Waals surface area contributed by atoms with E-state index in [1.54, 1.807) is 24.3 Å². The number of carbonyl (C=O) groups excluding carboxylic acids is 2. The third-order valence-corrected chi connectivity index (χ3v) is 10.6. The number of carbonyl (C=O) groups is 3. The maximum atomic E-state index is 13.2. The highest BCUT2D eigenvalue weighted by Gasteiger charge is 2.25. The van der Waals surface area contributed by atoms with Gasteiger partial charge in [0, 0.05) is 31.1 Å². The Morgan fingerprint density at radius 3 is 2.30 bits per heavy atom. The zero-order chi connectivity index (χ0) is 33.7. The summed E-state index contributed by atoms with van der Waals surface area (Å²) in [4.78, 5) is 40.4. The first-order valence-electron chi connectivity index (χ1n) is 15.3. The van der Waals surface area contributed by atoms with Crippen molar-refractivity contribution in [3.63, 3.8) is 0 Å². The van der Waals surface area contributed by atoms with Gasteiger partial charge < -0.3 is 15.7 Å². The molecule has 46 heavy (non-hydrogen) atoms. The van der Waals surface area contributed by atoms with E-state index in [0.29, 0.717) is 31.0 Å². The van der Waals surface area contributed by atoms with Crippen LogP contribution in [0.2, 0.25) is 0 Å². The number of aliphatic carboxylic acids is 1. The summed E-state index contributed by atoms with van der Waals surface area (Å²) < 4.78 is 23.5. The van der Waals surface area contributed by atoms with Crippen molar-refractivity contribution in [2.75, 3.05) is 37.1 Å². The van der Waals surface area contributed by atoms with Gasteiger partial charge in [0.05, 0.1) is 17.2 Å². The Morgan fingerprint density at radius 1 is 0.957 bits per heavy atom. The highest BCUT2D eigenvalue weighted by molar-refractivity contribution is 7.99. The largest absolute Gasteiger partial charge is 0.480 e. The van der Waals surface area contributed by atoms with Gasteiger partial charge >= 0.3 is 5.97 Å². The maximum Gasteiger partial charge on any atom is 0.326 e. The maximum absolute atomic E-state index is 13.2. The number of thioether (sulfide) groups is 2. The van der Waals surface area contributed by atoms with Crippen LogP contribution in [-0.4, -0.2) is 85.4 Å². The van der Waals surface area contributed by atoms with Crippen molar-refractivity contribution in [3.8, 4) is 0 Å². The third kappa shape index (κ3) is 11.9. The molecule has 1 unspecified atom stereocenters. The predicted molar refractivity (Wildman–Crippen MR) is 189 cm³/mol. The van der Waals surface area contributed by atoms with Crippen LogP contribution < -0.4 is 10.6 Å². The summed E-state index contributed by atoms with van der Waals surface area (Å²) >= 11 is 2.97. The normalized spacial score (nSPS) is 13.7. The molecule has 0 saturated carbocycles. The van der Waals surface area contributed by atoms with Crippen molar-refractivity contribution in [3.05, 3.63) is 77.9 Å². The molecule has 3 rings (SSSR count). The summed E-state index contributed by atoms with van der Waals surface area (Å²) in [6.07, 6.45) is 4.21. The number of nitrogens with zero attached hydrogens (tertiary/aromatic N) is 1. The lowest BCUT2D eigenvalue weighted by molar-refractivity contribution is -0.142. The van der Waals surface area contributed by atoms with Crippen LogP contribution in [0.4, 0.5) is 0 Å². The standard InChI is InChI=1S/C34H45N3O6S3/c1-5-24(2)31(36-33(39)23-45-22-25-13-15-28(16-14-25)46(4,42)43)20-37(21-32(38)35-30(34(40)41)17-18-44-3)19-27-11-8-10-26-9-6-7-12-29(26)27/h6-16,24,30-31H,5,17-23H2,1-4H3,(H,35,38)(H,36,39)(H,40,41)/t24?,30-,31+/m0/s1. The SMILES string of the molecule is CCC(C)[C@@H](CN(CC(=O)N[C@@H](CCSC)C(=O)O)Cc1cccc2ccccc12)NC(=O)CSCc1ccc(S(C)(=O)=O)cc1. The van der Waals surface area contributed by atoms with Gasteiger partial charge in [0.1, 0.15) is 6.04 Å². The second-order valence-electron chi connectivity index (χ2n) is 11.5. The summed E-state index contributed by atoms with van der Waals surface area (Å²) in [5.41, 5.74) is 1.96. The fourth-order valence-electron chi connectivity index (χ4n) is 5.07. The van der Waals surface area contributed by atoms with Crippen LogP contribution in [-0.2, 0) is 36.5 Å². The molecular formula is C34H45N3O6S3. The number of hydrogen-bond acceptors (Lipinski definition) is 8. The molecule has 3 atom stereocenters.